The molecule has 1 aliphatic heterocycles. The minimum absolute atomic E-state index is 0.197. The third kappa shape index (κ3) is 3.37. The Bertz CT molecular complexity index is 955. The number of rotatable bonds is 4. The van der Waals surface area contributed by atoms with Gasteiger partial charge in [0.1, 0.15) is 5.75 Å². The van der Waals surface area contributed by atoms with Gasteiger partial charge in [0.2, 0.25) is 5.91 Å². The first-order valence-corrected chi connectivity index (χ1v) is 9.39. The van der Waals surface area contributed by atoms with E-state index in [9.17, 15) is 4.79 Å². The average Bonchev–Trinajstić information content (AvgIpc) is 3.03. The highest BCUT2D eigenvalue weighted by Gasteiger charge is 2.24. The lowest BCUT2D eigenvalue weighted by Gasteiger charge is -2.36. The molecular weight excluding hydrogens is 338 g/mol. The molecule has 1 fully saturated rings. The smallest absolute Gasteiger partial charge is 0.227 e. The molecule has 27 heavy (non-hydrogen) atoms. The molecule has 0 unspecified atom stereocenters. The number of aryl methyl sites for hydroxylation is 1. The monoisotopic (exact) mass is 363 g/mol. The van der Waals surface area contributed by atoms with Gasteiger partial charge in [0.05, 0.1) is 19.2 Å². The van der Waals surface area contributed by atoms with Crippen molar-refractivity contribution in [2.75, 3.05) is 38.2 Å². The fraction of sp³-hybridized carbons (Fsp3) is 0.318. The molecule has 3 aromatic rings. The van der Waals surface area contributed by atoms with E-state index in [-0.39, 0.29) is 5.91 Å². The molecular formula is C22H25N3O2. The zero-order chi connectivity index (χ0) is 18.8. The summed E-state index contributed by atoms with van der Waals surface area (Å²) in [6.45, 7) is 5.15. The molecule has 1 aliphatic rings. The molecule has 2 aromatic carbocycles. The van der Waals surface area contributed by atoms with E-state index in [0.29, 0.717) is 6.42 Å². The van der Waals surface area contributed by atoms with E-state index in [0.717, 1.165) is 59.8 Å². The maximum atomic E-state index is 12.9. The third-order valence-electron chi connectivity index (χ3n) is 5.41. The van der Waals surface area contributed by atoms with Crippen molar-refractivity contribution in [1.29, 1.82) is 0 Å². The first-order chi connectivity index (χ1) is 13.2. The Hall–Kier alpha value is -2.95. The molecule has 0 bridgehead atoms. The van der Waals surface area contributed by atoms with Crippen molar-refractivity contribution in [1.82, 2.24) is 9.88 Å². The maximum Gasteiger partial charge on any atom is 0.227 e. The topological polar surface area (TPSA) is 48.6 Å². The zero-order valence-corrected chi connectivity index (χ0v) is 15.9. The molecule has 4 rings (SSSR count). The number of ether oxygens (including phenoxy) is 1. The Balaban J connectivity index is 1.44. The number of piperazine rings is 1. The number of benzene rings is 2. The zero-order valence-electron chi connectivity index (χ0n) is 15.9. The first-order valence-electron chi connectivity index (χ1n) is 9.39. The van der Waals surface area contributed by atoms with Gasteiger partial charge in [-0.05, 0) is 30.7 Å². The molecule has 0 atom stereocenters. The molecule has 140 valence electrons. The number of carbonyl (C=O) groups is 1. The summed E-state index contributed by atoms with van der Waals surface area (Å²) in [6.07, 6.45) is 0.449. The summed E-state index contributed by atoms with van der Waals surface area (Å²) in [5, 5.41) is 1.15. The molecule has 0 radical (unpaired) electrons. The van der Waals surface area contributed by atoms with Crippen LogP contribution in [0.25, 0.3) is 10.9 Å². The molecule has 5 nitrogen and oxygen atoms in total. The number of amides is 1. The predicted octanol–water partition coefficient (Wildman–Crippen LogP) is 3.38. The Morgan fingerprint density at radius 1 is 1.04 bits per heavy atom. The minimum Gasteiger partial charge on any atom is -0.495 e. The third-order valence-corrected chi connectivity index (χ3v) is 5.41. The van der Waals surface area contributed by atoms with Gasteiger partial charge >= 0.3 is 0 Å². The van der Waals surface area contributed by atoms with Crippen LogP contribution in [0.15, 0.2) is 48.5 Å². The lowest BCUT2D eigenvalue weighted by atomic mass is 10.1. The second-order valence-electron chi connectivity index (χ2n) is 6.99. The van der Waals surface area contributed by atoms with E-state index in [4.69, 9.17) is 4.74 Å². The number of H-pyrrole nitrogens is 1. The quantitative estimate of drug-likeness (QED) is 0.773. The molecule has 0 spiro atoms. The molecule has 1 amide bonds. The highest BCUT2D eigenvalue weighted by atomic mass is 16.5. The van der Waals surface area contributed by atoms with Crippen LogP contribution < -0.4 is 9.64 Å². The van der Waals surface area contributed by atoms with Crippen molar-refractivity contribution in [2.24, 2.45) is 0 Å². The van der Waals surface area contributed by atoms with Crippen LogP contribution >= 0.6 is 0 Å². The van der Waals surface area contributed by atoms with Gasteiger partial charge in [-0.15, -0.1) is 0 Å². The summed E-state index contributed by atoms with van der Waals surface area (Å²) in [5.41, 5.74) is 4.39. The lowest BCUT2D eigenvalue weighted by Crippen LogP contribution is -2.49. The van der Waals surface area contributed by atoms with Crippen LogP contribution in [0.3, 0.4) is 0 Å². The second kappa shape index (κ2) is 7.35. The summed E-state index contributed by atoms with van der Waals surface area (Å²) < 4.78 is 5.47. The van der Waals surface area contributed by atoms with Crippen LogP contribution in [0.2, 0.25) is 0 Å². The van der Waals surface area contributed by atoms with Crippen molar-refractivity contribution in [2.45, 2.75) is 13.3 Å². The van der Waals surface area contributed by atoms with Gasteiger partial charge in [-0.3, -0.25) is 4.79 Å². The van der Waals surface area contributed by atoms with Crippen LogP contribution in [0.4, 0.5) is 5.69 Å². The molecule has 0 saturated carbocycles. The maximum absolute atomic E-state index is 12.9. The van der Waals surface area contributed by atoms with Crippen molar-refractivity contribution in [3.63, 3.8) is 0 Å². The van der Waals surface area contributed by atoms with Gasteiger partial charge in [0.15, 0.2) is 0 Å². The number of para-hydroxylation sites is 3. The predicted molar refractivity (Wildman–Crippen MR) is 109 cm³/mol. The van der Waals surface area contributed by atoms with Gasteiger partial charge in [0.25, 0.3) is 0 Å². The van der Waals surface area contributed by atoms with Crippen molar-refractivity contribution < 1.29 is 9.53 Å². The van der Waals surface area contributed by atoms with Gasteiger partial charge in [0, 0.05) is 42.8 Å². The van der Waals surface area contributed by atoms with E-state index in [1.165, 1.54) is 0 Å². The highest BCUT2D eigenvalue weighted by molar-refractivity contribution is 5.90. The Labute approximate surface area is 159 Å². The number of nitrogens with zero attached hydrogens (tertiary/aromatic N) is 2. The number of aromatic amines is 1. The van der Waals surface area contributed by atoms with E-state index in [1.807, 2.05) is 42.2 Å². The number of anilines is 1. The van der Waals surface area contributed by atoms with Crippen LogP contribution in [0.5, 0.6) is 5.75 Å². The second-order valence-corrected chi connectivity index (χ2v) is 6.99. The van der Waals surface area contributed by atoms with E-state index in [2.05, 4.69) is 28.1 Å². The number of hydrogen-bond donors (Lipinski definition) is 1. The molecule has 1 aromatic heterocycles. The minimum atomic E-state index is 0.197. The van der Waals surface area contributed by atoms with Crippen LogP contribution in [0, 0.1) is 6.92 Å². The summed E-state index contributed by atoms with van der Waals surface area (Å²) in [6, 6.07) is 16.2. The van der Waals surface area contributed by atoms with Gasteiger partial charge in [-0.1, -0.05) is 30.3 Å². The molecule has 5 heteroatoms. The van der Waals surface area contributed by atoms with E-state index >= 15 is 0 Å². The van der Waals surface area contributed by atoms with Crippen LogP contribution in [-0.2, 0) is 11.2 Å². The number of carbonyl (C=O) groups excluding carboxylic acids is 1. The Morgan fingerprint density at radius 2 is 1.74 bits per heavy atom. The largest absolute Gasteiger partial charge is 0.495 e. The fourth-order valence-electron chi connectivity index (χ4n) is 3.91. The highest BCUT2D eigenvalue weighted by Crippen LogP contribution is 2.28. The van der Waals surface area contributed by atoms with E-state index < -0.39 is 0 Å². The van der Waals surface area contributed by atoms with E-state index in [1.54, 1.807) is 7.11 Å². The van der Waals surface area contributed by atoms with Crippen molar-refractivity contribution >= 4 is 22.5 Å². The lowest BCUT2D eigenvalue weighted by molar-refractivity contribution is -0.130. The normalized spacial score (nSPS) is 14.6. The number of methoxy groups -OCH3 is 1. The number of hydrogen-bond acceptors (Lipinski definition) is 3. The Morgan fingerprint density at radius 3 is 2.52 bits per heavy atom. The van der Waals surface area contributed by atoms with Gasteiger partial charge in [-0.2, -0.15) is 0 Å². The summed E-state index contributed by atoms with van der Waals surface area (Å²) in [7, 11) is 1.70. The fourth-order valence-corrected chi connectivity index (χ4v) is 3.91. The summed E-state index contributed by atoms with van der Waals surface area (Å²) in [5.74, 6) is 1.08. The number of nitrogens with one attached hydrogen (secondary N) is 1. The Kier molecular flexibility index (Phi) is 4.75. The number of aromatic nitrogens is 1. The van der Waals surface area contributed by atoms with Crippen LogP contribution in [0.1, 0.15) is 11.3 Å². The standard InChI is InChI=1S/C22H25N3O2/c1-16-18(17-7-3-4-8-19(17)23-16)15-22(26)25-13-11-24(12-14-25)20-9-5-6-10-21(20)27-2/h3-10,23H,11-15H2,1-2H3. The van der Waals surface area contributed by atoms with Crippen LogP contribution in [-0.4, -0.2) is 49.1 Å². The molecule has 0 aliphatic carbocycles. The summed E-state index contributed by atoms with van der Waals surface area (Å²) in [4.78, 5) is 20.6. The first kappa shape index (κ1) is 17.5. The van der Waals surface area contributed by atoms with Gasteiger partial charge in [-0.25, -0.2) is 0 Å². The number of fused-ring (bicyclic) bond motifs is 1. The van der Waals surface area contributed by atoms with Gasteiger partial charge < -0.3 is 19.5 Å². The average molecular weight is 363 g/mol. The van der Waals surface area contributed by atoms with Crippen molar-refractivity contribution in [3.05, 3.63) is 59.8 Å². The molecule has 2 heterocycles. The SMILES string of the molecule is COc1ccccc1N1CCN(C(=O)Cc2c(C)[nH]c3ccccc23)CC1. The molecule has 1 saturated heterocycles. The molecule has 1 N–H and O–H groups in total. The van der Waals surface area contributed by atoms with Crippen molar-refractivity contribution in [3.8, 4) is 5.75 Å². The summed E-state index contributed by atoms with van der Waals surface area (Å²) >= 11 is 0.